The molecule has 0 aliphatic carbocycles. The fourth-order valence-corrected chi connectivity index (χ4v) is 3.30. The molecule has 7 heteroatoms. The van der Waals surface area contributed by atoms with Crippen molar-refractivity contribution in [3.05, 3.63) is 40.3 Å². The summed E-state index contributed by atoms with van der Waals surface area (Å²) in [6.45, 7) is 2.64. The van der Waals surface area contributed by atoms with Gasteiger partial charge < -0.3 is 15.4 Å². The van der Waals surface area contributed by atoms with Crippen molar-refractivity contribution in [1.29, 1.82) is 0 Å². The third-order valence-electron chi connectivity index (χ3n) is 3.37. The standard InChI is InChI=1S/C14H16N4O2S/c1-9(13-11-4-7-21-12(11)3-6-20-13)17-14(19)18-10-2-5-15-16-8-10/h2,4-5,7-9,13H,3,6H2,1H3,(H2,15,17,18,19)/t9-,13-/m0/s1. The van der Waals surface area contributed by atoms with E-state index >= 15 is 0 Å². The first-order valence-electron chi connectivity index (χ1n) is 6.76. The highest BCUT2D eigenvalue weighted by Crippen LogP contribution is 2.33. The quantitative estimate of drug-likeness (QED) is 0.912. The van der Waals surface area contributed by atoms with Gasteiger partial charge in [-0.05, 0) is 30.0 Å². The van der Waals surface area contributed by atoms with Crippen molar-refractivity contribution in [2.45, 2.75) is 25.5 Å². The second-order valence-electron chi connectivity index (χ2n) is 4.86. The van der Waals surface area contributed by atoms with Crippen LogP contribution in [0.4, 0.5) is 10.5 Å². The molecule has 2 atom stereocenters. The molecular weight excluding hydrogens is 288 g/mol. The Balaban J connectivity index is 1.62. The van der Waals surface area contributed by atoms with Crippen LogP contribution in [0.3, 0.4) is 0 Å². The van der Waals surface area contributed by atoms with Gasteiger partial charge in [0.05, 0.1) is 30.7 Å². The van der Waals surface area contributed by atoms with Crippen molar-refractivity contribution in [3.8, 4) is 0 Å². The van der Waals surface area contributed by atoms with Gasteiger partial charge in [-0.3, -0.25) is 0 Å². The number of hydrogen-bond donors (Lipinski definition) is 2. The molecule has 6 nitrogen and oxygen atoms in total. The summed E-state index contributed by atoms with van der Waals surface area (Å²) in [5, 5.41) is 15.1. The van der Waals surface area contributed by atoms with Crippen LogP contribution < -0.4 is 10.6 Å². The molecule has 2 amide bonds. The highest BCUT2D eigenvalue weighted by atomic mass is 32.1. The van der Waals surface area contributed by atoms with Gasteiger partial charge >= 0.3 is 6.03 Å². The summed E-state index contributed by atoms with van der Waals surface area (Å²) in [6.07, 6.45) is 3.88. The number of carbonyl (C=O) groups excluding carboxylic acids is 1. The molecule has 110 valence electrons. The van der Waals surface area contributed by atoms with Gasteiger partial charge in [0.25, 0.3) is 0 Å². The Bertz CT molecular complexity index is 616. The van der Waals surface area contributed by atoms with Crippen LogP contribution in [0.25, 0.3) is 0 Å². The van der Waals surface area contributed by atoms with E-state index in [1.54, 1.807) is 17.4 Å². The number of fused-ring (bicyclic) bond motifs is 1. The third-order valence-corrected chi connectivity index (χ3v) is 4.36. The van der Waals surface area contributed by atoms with Gasteiger partial charge in [0, 0.05) is 11.3 Å². The first kappa shape index (κ1) is 14.0. The van der Waals surface area contributed by atoms with E-state index in [1.807, 2.05) is 6.92 Å². The predicted octanol–water partition coefficient (Wildman–Crippen LogP) is 2.36. The van der Waals surface area contributed by atoms with Gasteiger partial charge in [0.15, 0.2) is 0 Å². The number of nitrogens with zero attached hydrogens (tertiary/aromatic N) is 2. The van der Waals surface area contributed by atoms with Crippen molar-refractivity contribution < 1.29 is 9.53 Å². The van der Waals surface area contributed by atoms with E-state index in [0.29, 0.717) is 12.3 Å². The summed E-state index contributed by atoms with van der Waals surface area (Å²) < 4.78 is 5.82. The molecule has 0 spiro atoms. The average molecular weight is 304 g/mol. The monoisotopic (exact) mass is 304 g/mol. The summed E-state index contributed by atoms with van der Waals surface area (Å²) in [4.78, 5) is 13.3. The van der Waals surface area contributed by atoms with Gasteiger partial charge in [-0.25, -0.2) is 4.79 Å². The molecule has 1 aliphatic heterocycles. The maximum absolute atomic E-state index is 12.0. The molecule has 21 heavy (non-hydrogen) atoms. The lowest BCUT2D eigenvalue weighted by molar-refractivity contribution is 0.0238. The highest BCUT2D eigenvalue weighted by molar-refractivity contribution is 7.10. The minimum Gasteiger partial charge on any atom is -0.371 e. The van der Waals surface area contributed by atoms with E-state index in [-0.39, 0.29) is 18.2 Å². The summed E-state index contributed by atoms with van der Waals surface area (Å²) >= 11 is 1.74. The number of amides is 2. The van der Waals surface area contributed by atoms with Crippen molar-refractivity contribution in [1.82, 2.24) is 15.5 Å². The van der Waals surface area contributed by atoms with E-state index in [4.69, 9.17) is 4.74 Å². The number of rotatable bonds is 3. The van der Waals surface area contributed by atoms with Crippen molar-refractivity contribution >= 4 is 23.1 Å². The minimum absolute atomic E-state index is 0.0960. The zero-order valence-electron chi connectivity index (χ0n) is 11.6. The van der Waals surface area contributed by atoms with E-state index < -0.39 is 0 Å². The molecule has 0 aromatic carbocycles. The van der Waals surface area contributed by atoms with E-state index in [1.165, 1.54) is 22.8 Å². The van der Waals surface area contributed by atoms with Gasteiger partial charge in [-0.15, -0.1) is 11.3 Å². The third kappa shape index (κ3) is 3.20. The first-order valence-corrected chi connectivity index (χ1v) is 7.64. The number of thiophene rings is 1. The molecular formula is C14H16N4O2S. The Kier molecular flexibility index (Phi) is 4.12. The molecule has 0 saturated heterocycles. The van der Waals surface area contributed by atoms with Crippen LogP contribution in [-0.2, 0) is 11.2 Å². The Morgan fingerprint density at radius 3 is 3.19 bits per heavy atom. The largest absolute Gasteiger partial charge is 0.371 e. The number of nitrogens with one attached hydrogen (secondary N) is 2. The molecule has 2 aromatic heterocycles. The van der Waals surface area contributed by atoms with Gasteiger partial charge in [0.2, 0.25) is 0 Å². The topological polar surface area (TPSA) is 76.1 Å². The van der Waals surface area contributed by atoms with E-state index in [0.717, 1.165) is 6.42 Å². The number of urea groups is 1. The SMILES string of the molecule is C[C@H](NC(=O)Nc1ccnnc1)[C@@H]1OCCc2sccc21. The van der Waals surface area contributed by atoms with Crippen LogP contribution in [0.5, 0.6) is 0 Å². The molecule has 3 heterocycles. The van der Waals surface area contributed by atoms with Crippen LogP contribution in [0.15, 0.2) is 29.9 Å². The maximum Gasteiger partial charge on any atom is 0.319 e. The van der Waals surface area contributed by atoms with E-state index in [2.05, 4.69) is 32.3 Å². The normalized spacial score (nSPS) is 18.6. The molecule has 0 unspecified atom stereocenters. The number of ether oxygens (including phenoxy) is 1. The number of anilines is 1. The smallest absolute Gasteiger partial charge is 0.319 e. The number of carbonyl (C=O) groups is 1. The summed E-state index contributed by atoms with van der Waals surface area (Å²) in [7, 11) is 0. The van der Waals surface area contributed by atoms with Gasteiger partial charge in [-0.1, -0.05) is 0 Å². The summed E-state index contributed by atoms with van der Waals surface area (Å²) in [6, 6.07) is 3.37. The predicted molar refractivity (Wildman–Crippen MR) is 80.4 cm³/mol. The summed E-state index contributed by atoms with van der Waals surface area (Å²) in [5.41, 5.74) is 1.79. The number of hydrogen-bond acceptors (Lipinski definition) is 5. The van der Waals surface area contributed by atoms with E-state index in [9.17, 15) is 4.79 Å². The Labute approximate surface area is 126 Å². The molecule has 1 aliphatic rings. The van der Waals surface area contributed by atoms with Crippen LogP contribution in [-0.4, -0.2) is 28.9 Å². The van der Waals surface area contributed by atoms with Crippen molar-refractivity contribution in [3.63, 3.8) is 0 Å². The zero-order valence-corrected chi connectivity index (χ0v) is 12.4. The fourth-order valence-electron chi connectivity index (χ4n) is 2.40. The average Bonchev–Trinajstić information content (AvgIpc) is 2.96. The molecule has 0 bridgehead atoms. The molecule has 3 rings (SSSR count). The highest BCUT2D eigenvalue weighted by Gasteiger charge is 2.27. The molecule has 0 radical (unpaired) electrons. The minimum atomic E-state index is -0.276. The Morgan fingerprint density at radius 1 is 1.48 bits per heavy atom. The van der Waals surface area contributed by atoms with Gasteiger partial charge in [0.1, 0.15) is 6.10 Å². The summed E-state index contributed by atoms with van der Waals surface area (Å²) in [5.74, 6) is 0. The van der Waals surface area contributed by atoms with Crippen molar-refractivity contribution in [2.24, 2.45) is 0 Å². The molecule has 2 N–H and O–H groups in total. The fraction of sp³-hybridized carbons (Fsp3) is 0.357. The Morgan fingerprint density at radius 2 is 2.38 bits per heavy atom. The zero-order chi connectivity index (χ0) is 14.7. The lowest BCUT2D eigenvalue weighted by Gasteiger charge is -2.29. The first-order chi connectivity index (χ1) is 10.2. The Hall–Kier alpha value is -1.99. The van der Waals surface area contributed by atoms with Crippen LogP contribution in [0.2, 0.25) is 0 Å². The second kappa shape index (κ2) is 6.19. The maximum atomic E-state index is 12.0. The van der Waals surface area contributed by atoms with Crippen LogP contribution >= 0.6 is 11.3 Å². The van der Waals surface area contributed by atoms with Crippen LogP contribution in [0.1, 0.15) is 23.5 Å². The van der Waals surface area contributed by atoms with Gasteiger partial charge in [-0.2, -0.15) is 10.2 Å². The lowest BCUT2D eigenvalue weighted by Crippen LogP contribution is -2.41. The van der Waals surface area contributed by atoms with Crippen LogP contribution in [0, 0.1) is 0 Å². The molecule has 0 saturated carbocycles. The molecule has 2 aromatic rings. The lowest BCUT2D eigenvalue weighted by atomic mass is 10.0. The second-order valence-corrected chi connectivity index (χ2v) is 5.86. The number of aromatic nitrogens is 2. The van der Waals surface area contributed by atoms with Crippen molar-refractivity contribution in [2.75, 3.05) is 11.9 Å². The molecule has 0 fully saturated rings.